The largest absolute Gasteiger partial charge is 0.378 e. The first-order chi connectivity index (χ1) is 14.8. The maximum absolute atomic E-state index is 5.48. The lowest BCUT2D eigenvalue weighted by Gasteiger charge is -2.28. The van der Waals surface area contributed by atoms with Crippen LogP contribution < -0.4 is 10.3 Å². The molecule has 0 spiro atoms. The van der Waals surface area contributed by atoms with E-state index in [0.29, 0.717) is 5.95 Å². The molecular weight excluding hydrogens is 396 g/mol. The van der Waals surface area contributed by atoms with E-state index in [2.05, 4.69) is 61.6 Å². The number of aromatic nitrogens is 3. The lowest BCUT2D eigenvalue weighted by atomic mass is 10.2. The van der Waals surface area contributed by atoms with Crippen LogP contribution in [-0.4, -0.2) is 47.1 Å². The highest BCUT2D eigenvalue weighted by atomic mass is 32.1. The number of benzene rings is 1. The Labute approximate surface area is 178 Å². The van der Waals surface area contributed by atoms with Gasteiger partial charge in [-0.15, -0.1) is 11.3 Å². The normalized spacial score (nSPS) is 14.6. The Morgan fingerprint density at radius 3 is 2.83 bits per heavy atom. The third-order valence-electron chi connectivity index (χ3n) is 4.96. The van der Waals surface area contributed by atoms with E-state index >= 15 is 0 Å². The molecule has 1 N–H and O–H groups in total. The number of nitrogens with one attached hydrogen (secondary N) is 1. The monoisotopic (exact) mass is 418 g/mol. The fraction of sp³-hybridized carbons (Fsp3) is 0.227. The first kappa shape index (κ1) is 18.8. The van der Waals surface area contributed by atoms with Gasteiger partial charge in [-0.2, -0.15) is 10.1 Å². The number of hydrogen-bond donors (Lipinski definition) is 1. The second-order valence-corrected chi connectivity index (χ2v) is 7.99. The molecular formula is C22H22N6OS. The number of hydrazone groups is 1. The van der Waals surface area contributed by atoms with Crippen LogP contribution in [0.4, 0.5) is 11.8 Å². The molecule has 0 radical (unpaired) electrons. The molecule has 3 aromatic heterocycles. The summed E-state index contributed by atoms with van der Waals surface area (Å²) in [5.74, 6) is 1.45. The molecule has 8 heteroatoms. The van der Waals surface area contributed by atoms with Gasteiger partial charge in [0.25, 0.3) is 0 Å². The van der Waals surface area contributed by atoms with Crippen molar-refractivity contribution in [2.24, 2.45) is 5.10 Å². The van der Waals surface area contributed by atoms with Gasteiger partial charge >= 0.3 is 0 Å². The Morgan fingerprint density at radius 2 is 1.97 bits per heavy atom. The minimum Gasteiger partial charge on any atom is -0.378 e. The molecule has 5 rings (SSSR count). The third kappa shape index (κ3) is 4.19. The van der Waals surface area contributed by atoms with Gasteiger partial charge in [0.1, 0.15) is 0 Å². The zero-order valence-electron chi connectivity index (χ0n) is 16.4. The molecule has 1 aliphatic heterocycles. The number of morpholine rings is 1. The average molecular weight is 419 g/mol. The number of nitrogens with zero attached hydrogens (tertiary/aromatic N) is 5. The molecule has 1 fully saturated rings. The Kier molecular flexibility index (Phi) is 5.41. The van der Waals surface area contributed by atoms with Crippen molar-refractivity contribution in [2.45, 2.75) is 6.54 Å². The van der Waals surface area contributed by atoms with E-state index in [4.69, 9.17) is 9.72 Å². The second-order valence-electron chi connectivity index (χ2n) is 7.08. The number of ether oxygens (including phenoxy) is 1. The van der Waals surface area contributed by atoms with Crippen LogP contribution in [0.25, 0.3) is 10.2 Å². The number of anilines is 2. The Balaban J connectivity index is 1.30. The van der Waals surface area contributed by atoms with Crippen LogP contribution in [0.1, 0.15) is 11.1 Å². The summed E-state index contributed by atoms with van der Waals surface area (Å²) in [5, 5.41) is 6.40. The summed E-state index contributed by atoms with van der Waals surface area (Å²) in [7, 11) is 0. The number of fused-ring (bicyclic) bond motifs is 1. The number of rotatable bonds is 6. The molecule has 4 aromatic rings. The summed E-state index contributed by atoms with van der Waals surface area (Å²) in [4.78, 5) is 11.6. The molecule has 7 nitrogen and oxygen atoms in total. The van der Waals surface area contributed by atoms with Crippen LogP contribution in [0.5, 0.6) is 0 Å². The molecule has 30 heavy (non-hydrogen) atoms. The highest BCUT2D eigenvalue weighted by Crippen LogP contribution is 2.30. The maximum atomic E-state index is 5.48. The predicted molar refractivity (Wildman–Crippen MR) is 122 cm³/mol. The number of hydrogen-bond acceptors (Lipinski definition) is 7. The minimum atomic E-state index is 0.502. The van der Waals surface area contributed by atoms with Gasteiger partial charge in [0.2, 0.25) is 5.95 Å². The van der Waals surface area contributed by atoms with E-state index in [-0.39, 0.29) is 0 Å². The quantitative estimate of drug-likeness (QED) is 0.381. The molecule has 0 amide bonds. The van der Waals surface area contributed by atoms with Crippen molar-refractivity contribution < 1.29 is 4.74 Å². The van der Waals surface area contributed by atoms with Gasteiger partial charge in [-0.05, 0) is 23.1 Å². The summed E-state index contributed by atoms with van der Waals surface area (Å²) in [6.45, 7) is 3.95. The fourth-order valence-corrected chi connectivity index (χ4v) is 4.33. The Hall–Kier alpha value is -3.23. The molecule has 1 aliphatic rings. The zero-order chi connectivity index (χ0) is 20.2. The van der Waals surface area contributed by atoms with Crippen LogP contribution in [0.15, 0.2) is 65.3 Å². The molecule has 0 atom stereocenters. The lowest BCUT2D eigenvalue weighted by molar-refractivity contribution is 0.122. The van der Waals surface area contributed by atoms with E-state index in [1.165, 1.54) is 5.56 Å². The third-order valence-corrected chi connectivity index (χ3v) is 5.86. The van der Waals surface area contributed by atoms with E-state index in [9.17, 15) is 0 Å². The Morgan fingerprint density at radius 1 is 1.10 bits per heavy atom. The molecule has 1 saturated heterocycles. The molecule has 1 aromatic carbocycles. The first-order valence-corrected chi connectivity index (χ1v) is 10.8. The van der Waals surface area contributed by atoms with Crippen molar-refractivity contribution >= 4 is 39.5 Å². The SMILES string of the molecule is C(=N\Nc1nc(N2CCOCC2)c2sccc2n1)/c1ccn(Cc2ccccc2)c1. The van der Waals surface area contributed by atoms with Gasteiger partial charge in [0, 0.05) is 37.6 Å². The molecule has 0 unspecified atom stereocenters. The van der Waals surface area contributed by atoms with Gasteiger partial charge < -0.3 is 14.2 Å². The first-order valence-electron chi connectivity index (χ1n) is 9.92. The average Bonchev–Trinajstić information content (AvgIpc) is 3.44. The standard InChI is InChI=1S/C22H22N6OS/c1-2-4-17(5-3-1)15-27-8-6-18(16-27)14-23-26-22-24-19-7-13-30-20(19)21(25-22)28-9-11-29-12-10-28/h1-8,13-14,16H,9-12,15H2,(H,24,25,26)/b23-14+. The molecule has 152 valence electrons. The summed E-state index contributed by atoms with van der Waals surface area (Å²) in [5.41, 5.74) is 6.22. The van der Waals surface area contributed by atoms with Crippen LogP contribution >= 0.6 is 11.3 Å². The predicted octanol–water partition coefficient (Wildman–Crippen LogP) is 3.82. The Bertz CT molecular complexity index is 1150. The van der Waals surface area contributed by atoms with Gasteiger partial charge in [0.05, 0.1) is 29.6 Å². The molecule has 0 saturated carbocycles. The second kappa shape index (κ2) is 8.64. The maximum Gasteiger partial charge on any atom is 0.246 e. The van der Waals surface area contributed by atoms with Crippen LogP contribution in [-0.2, 0) is 11.3 Å². The minimum absolute atomic E-state index is 0.502. The lowest BCUT2D eigenvalue weighted by Crippen LogP contribution is -2.36. The van der Waals surface area contributed by atoms with Crippen molar-refractivity contribution in [1.29, 1.82) is 0 Å². The van der Waals surface area contributed by atoms with Crippen molar-refractivity contribution in [3.63, 3.8) is 0 Å². The zero-order valence-corrected chi connectivity index (χ0v) is 17.3. The van der Waals surface area contributed by atoms with Gasteiger partial charge in [0.15, 0.2) is 5.82 Å². The van der Waals surface area contributed by atoms with E-state index in [1.807, 2.05) is 23.6 Å². The van der Waals surface area contributed by atoms with Crippen LogP contribution in [0.2, 0.25) is 0 Å². The van der Waals surface area contributed by atoms with Crippen molar-refractivity contribution in [1.82, 2.24) is 14.5 Å². The fourth-order valence-electron chi connectivity index (χ4n) is 3.48. The van der Waals surface area contributed by atoms with Gasteiger partial charge in [-0.25, -0.2) is 10.4 Å². The summed E-state index contributed by atoms with van der Waals surface area (Å²) >= 11 is 1.66. The summed E-state index contributed by atoms with van der Waals surface area (Å²) < 4.78 is 8.72. The molecule has 0 bridgehead atoms. The van der Waals surface area contributed by atoms with E-state index < -0.39 is 0 Å². The molecule has 0 aliphatic carbocycles. The number of thiophene rings is 1. The molecule has 4 heterocycles. The summed E-state index contributed by atoms with van der Waals surface area (Å²) in [6.07, 6.45) is 5.91. The van der Waals surface area contributed by atoms with Crippen molar-refractivity contribution in [3.05, 3.63) is 71.4 Å². The van der Waals surface area contributed by atoms with E-state index in [0.717, 1.165) is 54.4 Å². The summed E-state index contributed by atoms with van der Waals surface area (Å²) in [6, 6.07) is 14.4. The van der Waals surface area contributed by atoms with Crippen LogP contribution in [0.3, 0.4) is 0 Å². The van der Waals surface area contributed by atoms with Crippen LogP contribution in [0, 0.1) is 0 Å². The topological polar surface area (TPSA) is 67.6 Å². The van der Waals surface area contributed by atoms with Crippen molar-refractivity contribution in [3.8, 4) is 0 Å². The smallest absolute Gasteiger partial charge is 0.246 e. The van der Waals surface area contributed by atoms with Gasteiger partial charge in [-0.1, -0.05) is 30.3 Å². The van der Waals surface area contributed by atoms with E-state index in [1.54, 1.807) is 17.6 Å². The highest BCUT2D eigenvalue weighted by molar-refractivity contribution is 7.17. The van der Waals surface area contributed by atoms with Gasteiger partial charge in [-0.3, -0.25) is 0 Å². The highest BCUT2D eigenvalue weighted by Gasteiger charge is 2.18. The van der Waals surface area contributed by atoms with Crippen molar-refractivity contribution in [2.75, 3.05) is 36.6 Å².